The van der Waals surface area contributed by atoms with Crippen LogP contribution in [0, 0.1) is 5.92 Å². The molecule has 98 valence electrons. The third-order valence-electron chi connectivity index (χ3n) is 3.87. The minimum Gasteiger partial charge on any atom is -0.383 e. The molecule has 1 aromatic heterocycles. The second-order valence-electron chi connectivity index (χ2n) is 5.64. The van der Waals surface area contributed by atoms with Crippen molar-refractivity contribution >= 4 is 11.6 Å². The van der Waals surface area contributed by atoms with Gasteiger partial charge in [0.05, 0.1) is 0 Å². The number of nitrogens with two attached hydrogens (primary N) is 1. The van der Waals surface area contributed by atoms with Gasteiger partial charge in [-0.2, -0.15) is 0 Å². The second-order valence-corrected chi connectivity index (χ2v) is 5.64. The average molecular weight is 246 g/mol. The molecule has 0 saturated heterocycles. The molecule has 0 radical (unpaired) electrons. The molecule has 18 heavy (non-hydrogen) atoms. The van der Waals surface area contributed by atoms with Gasteiger partial charge in [0.15, 0.2) is 0 Å². The lowest BCUT2D eigenvalue weighted by Crippen LogP contribution is -2.30. The van der Waals surface area contributed by atoms with E-state index in [4.69, 9.17) is 5.73 Å². The molecule has 2 saturated carbocycles. The van der Waals surface area contributed by atoms with Crippen LogP contribution in [0.5, 0.6) is 0 Å². The highest BCUT2D eigenvalue weighted by atomic mass is 15.2. The molecule has 2 N–H and O–H groups in total. The molecule has 0 aliphatic heterocycles. The van der Waals surface area contributed by atoms with E-state index in [0.29, 0.717) is 11.9 Å². The maximum atomic E-state index is 6.03. The Balaban J connectivity index is 1.88. The van der Waals surface area contributed by atoms with E-state index in [0.717, 1.165) is 36.7 Å². The predicted molar refractivity (Wildman–Crippen MR) is 73.5 cm³/mol. The summed E-state index contributed by atoms with van der Waals surface area (Å²) in [5, 5.41) is 0. The van der Waals surface area contributed by atoms with Gasteiger partial charge in [-0.15, -0.1) is 0 Å². The van der Waals surface area contributed by atoms with Crippen molar-refractivity contribution in [3.05, 3.63) is 11.9 Å². The molecule has 3 rings (SSSR count). The molecule has 1 heterocycles. The van der Waals surface area contributed by atoms with Crippen molar-refractivity contribution in [3.63, 3.8) is 0 Å². The Morgan fingerprint density at radius 2 is 2.06 bits per heavy atom. The van der Waals surface area contributed by atoms with Crippen LogP contribution in [0.2, 0.25) is 0 Å². The lowest BCUT2D eigenvalue weighted by Gasteiger charge is -2.26. The molecule has 2 aliphatic carbocycles. The molecule has 0 unspecified atom stereocenters. The van der Waals surface area contributed by atoms with Crippen LogP contribution in [-0.2, 0) is 6.42 Å². The molecule has 0 atom stereocenters. The highest BCUT2D eigenvalue weighted by Gasteiger charge is 2.35. The molecule has 4 nitrogen and oxygen atoms in total. The molecule has 1 aromatic rings. The van der Waals surface area contributed by atoms with E-state index >= 15 is 0 Å². The zero-order valence-corrected chi connectivity index (χ0v) is 11.1. The number of rotatable bonds is 6. The third-order valence-corrected chi connectivity index (χ3v) is 3.87. The molecule has 2 aliphatic rings. The van der Waals surface area contributed by atoms with Crippen LogP contribution in [0.3, 0.4) is 0 Å². The zero-order chi connectivity index (χ0) is 12.5. The summed E-state index contributed by atoms with van der Waals surface area (Å²) in [6.45, 7) is 3.34. The van der Waals surface area contributed by atoms with E-state index in [9.17, 15) is 0 Å². The van der Waals surface area contributed by atoms with Gasteiger partial charge in [0.1, 0.15) is 18.0 Å². The quantitative estimate of drug-likeness (QED) is 0.837. The van der Waals surface area contributed by atoms with Crippen molar-refractivity contribution in [2.75, 3.05) is 17.2 Å². The smallest absolute Gasteiger partial charge is 0.137 e. The van der Waals surface area contributed by atoms with Gasteiger partial charge in [-0.05, 0) is 38.0 Å². The third kappa shape index (κ3) is 2.42. The van der Waals surface area contributed by atoms with Gasteiger partial charge in [0, 0.05) is 18.2 Å². The Bertz CT molecular complexity index is 424. The van der Waals surface area contributed by atoms with Gasteiger partial charge >= 0.3 is 0 Å². The molecule has 0 spiro atoms. The summed E-state index contributed by atoms with van der Waals surface area (Å²) in [5.74, 6) is 2.67. The van der Waals surface area contributed by atoms with Crippen molar-refractivity contribution in [1.29, 1.82) is 0 Å². The van der Waals surface area contributed by atoms with Crippen molar-refractivity contribution in [2.24, 2.45) is 5.92 Å². The van der Waals surface area contributed by atoms with E-state index in [1.54, 1.807) is 6.33 Å². The number of nitrogens with zero attached hydrogens (tertiary/aromatic N) is 3. The van der Waals surface area contributed by atoms with Gasteiger partial charge in [0.25, 0.3) is 0 Å². The van der Waals surface area contributed by atoms with Crippen molar-refractivity contribution in [1.82, 2.24) is 9.97 Å². The fourth-order valence-electron chi connectivity index (χ4n) is 2.53. The Labute approximate surface area is 109 Å². The average Bonchev–Trinajstić information content (AvgIpc) is 3.23. The van der Waals surface area contributed by atoms with Crippen molar-refractivity contribution in [3.8, 4) is 0 Å². The molecule has 0 amide bonds. The molecule has 4 heteroatoms. The Morgan fingerprint density at radius 3 is 2.67 bits per heavy atom. The fraction of sp³-hybridized carbons (Fsp3) is 0.714. The Morgan fingerprint density at radius 1 is 1.28 bits per heavy atom. The number of hydrogen-bond acceptors (Lipinski definition) is 4. The minimum absolute atomic E-state index is 0.670. The summed E-state index contributed by atoms with van der Waals surface area (Å²) in [6, 6.07) is 0.704. The first-order valence-corrected chi connectivity index (χ1v) is 7.15. The van der Waals surface area contributed by atoms with E-state index < -0.39 is 0 Å². The summed E-state index contributed by atoms with van der Waals surface area (Å²) in [5.41, 5.74) is 7.19. The van der Waals surface area contributed by atoms with Crippen molar-refractivity contribution < 1.29 is 0 Å². The van der Waals surface area contributed by atoms with E-state index in [1.165, 1.54) is 25.7 Å². The number of anilines is 2. The normalized spacial score (nSPS) is 18.9. The summed E-state index contributed by atoms with van der Waals surface area (Å²) >= 11 is 0. The fourth-order valence-corrected chi connectivity index (χ4v) is 2.53. The minimum atomic E-state index is 0.670. The van der Waals surface area contributed by atoms with Gasteiger partial charge in [-0.25, -0.2) is 9.97 Å². The summed E-state index contributed by atoms with van der Waals surface area (Å²) < 4.78 is 0. The number of hydrogen-bond donors (Lipinski definition) is 1. The maximum Gasteiger partial charge on any atom is 0.137 e. The van der Waals surface area contributed by atoms with E-state index in [2.05, 4.69) is 21.8 Å². The predicted octanol–water partition coefficient (Wildman–Crippen LogP) is 2.39. The summed E-state index contributed by atoms with van der Waals surface area (Å²) in [7, 11) is 0. The first kappa shape index (κ1) is 11.8. The van der Waals surface area contributed by atoms with Crippen molar-refractivity contribution in [2.45, 2.75) is 51.5 Å². The topological polar surface area (TPSA) is 55.0 Å². The van der Waals surface area contributed by atoms with Gasteiger partial charge < -0.3 is 10.6 Å². The Hall–Kier alpha value is -1.32. The standard InChI is InChI=1S/C14H22N4/c1-2-3-12-13(15)16-9-17-14(12)18(11-6-7-11)8-10-4-5-10/h9-11H,2-8H2,1H3,(H2,15,16,17). The molecule has 0 bridgehead atoms. The first-order valence-electron chi connectivity index (χ1n) is 7.15. The lowest BCUT2D eigenvalue weighted by molar-refractivity contribution is 0.700. The van der Waals surface area contributed by atoms with Crippen LogP contribution in [0.15, 0.2) is 6.33 Å². The largest absolute Gasteiger partial charge is 0.383 e. The summed E-state index contributed by atoms with van der Waals surface area (Å²) in [6.07, 6.45) is 9.07. The highest BCUT2D eigenvalue weighted by Crippen LogP contribution is 2.38. The van der Waals surface area contributed by atoms with Crippen LogP contribution in [-0.4, -0.2) is 22.6 Å². The molecular weight excluding hydrogens is 224 g/mol. The lowest BCUT2D eigenvalue weighted by atomic mass is 10.1. The van der Waals surface area contributed by atoms with Gasteiger partial charge in [-0.1, -0.05) is 13.3 Å². The van der Waals surface area contributed by atoms with Gasteiger partial charge in [0.2, 0.25) is 0 Å². The number of nitrogen functional groups attached to an aromatic ring is 1. The zero-order valence-electron chi connectivity index (χ0n) is 11.1. The molecule has 2 fully saturated rings. The number of aromatic nitrogens is 2. The molecule has 0 aromatic carbocycles. The van der Waals surface area contributed by atoms with Gasteiger partial charge in [-0.3, -0.25) is 0 Å². The van der Waals surface area contributed by atoms with Crippen LogP contribution in [0.1, 0.15) is 44.6 Å². The first-order chi connectivity index (χ1) is 8.79. The van der Waals surface area contributed by atoms with E-state index in [-0.39, 0.29) is 0 Å². The van der Waals surface area contributed by atoms with Crippen LogP contribution < -0.4 is 10.6 Å². The highest BCUT2D eigenvalue weighted by molar-refractivity contribution is 5.58. The monoisotopic (exact) mass is 246 g/mol. The molecular formula is C14H22N4. The maximum absolute atomic E-state index is 6.03. The van der Waals surface area contributed by atoms with Crippen LogP contribution >= 0.6 is 0 Å². The second kappa shape index (κ2) is 4.75. The SMILES string of the molecule is CCCc1c(N)ncnc1N(CC1CC1)C1CC1. The van der Waals surface area contributed by atoms with Crippen LogP contribution in [0.4, 0.5) is 11.6 Å². The van der Waals surface area contributed by atoms with Crippen LogP contribution in [0.25, 0.3) is 0 Å². The summed E-state index contributed by atoms with van der Waals surface area (Å²) in [4.78, 5) is 11.2. The Kier molecular flexibility index (Phi) is 3.10. The van der Waals surface area contributed by atoms with E-state index in [1.807, 2.05) is 0 Å².